The second-order valence-corrected chi connectivity index (χ2v) is 6.18. The summed E-state index contributed by atoms with van der Waals surface area (Å²) >= 11 is 3.36. The van der Waals surface area contributed by atoms with E-state index >= 15 is 0 Å². The molecular formula is C19H19BrN2O3. The quantitative estimate of drug-likeness (QED) is 0.492. The summed E-state index contributed by atoms with van der Waals surface area (Å²) in [7, 11) is 0. The van der Waals surface area contributed by atoms with Gasteiger partial charge in [-0.15, -0.1) is 0 Å². The monoisotopic (exact) mass is 402 g/mol. The van der Waals surface area contributed by atoms with E-state index in [0.29, 0.717) is 18.5 Å². The summed E-state index contributed by atoms with van der Waals surface area (Å²) in [5.74, 6) is -0.762. The van der Waals surface area contributed by atoms with E-state index in [1.807, 2.05) is 30.3 Å². The van der Waals surface area contributed by atoms with Gasteiger partial charge in [0.15, 0.2) is 0 Å². The third kappa shape index (κ3) is 6.17. The molecule has 6 heteroatoms. The molecule has 0 unspecified atom stereocenters. The first-order chi connectivity index (χ1) is 12.1. The minimum Gasteiger partial charge on any atom is -0.396 e. The van der Waals surface area contributed by atoms with E-state index in [0.717, 1.165) is 10.0 Å². The summed E-state index contributed by atoms with van der Waals surface area (Å²) in [6.45, 7) is 0.316. The van der Waals surface area contributed by atoms with Crippen LogP contribution in [0.2, 0.25) is 0 Å². The van der Waals surface area contributed by atoms with Crippen LogP contribution in [0.15, 0.2) is 64.8 Å². The molecule has 0 atom stereocenters. The van der Waals surface area contributed by atoms with Crippen LogP contribution in [0.5, 0.6) is 0 Å². The zero-order valence-electron chi connectivity index (χ0n) is 13.5. The van der Waals surface area contributed by atoms with E-state index in [9.17, 15) is 9.59 Å². The number of aliphatic hydroxyl groups excluding tert-OH is 1. The normalized spacial score (nSPS) is 11.0. The number of hydrogen-bond acceptors (Lipinski definition) is 3. The molecular weight excluding hydrogens is 384 g/mol. The van der Waals surface area contributed by atoms with E-state index in [-0.39, 0.29) is 18.2 Å². The van der Waals surface area contributed by atoms with Gasteiger partial charge in [0.25, 0.3) is 11.8 Å². The van der Waals surface area contributed by atoms with Gasteiger partial charge in [0.2, 0.25) is 0 Å². The summed E-state index contributed by atoms with van der Waals surface area (Å²) in [6, 6.07) is 16.1. The lowest BCUT2D eigenvalue weighted by Crippen LogP contribution is -2.35. The van der Waals surface area contributed by atoms with Crippen molar-refractivity contribution in [1.82, 2.24) is 10.6 Å². The van der Waals surface area contributed by atoms with Crippen molar-refractivity contribution in [2.75, 3.05) is 13.2 Å². The van der Waals surface area contributed by atoms with Gasteiger partial charge in [0.05, 0.1) is 0 Å². The number of rotatable bonds is 7. The van der Waals surface area contributed by atoms with Gasteiger partial charge >= 0.3 is 0 Å². The SMILES string of the molecule is O=C(NCCCO)C(=Cc1ccc(Br)cc1)NC(=O)c1ccccc1. The minimum atomic E-state index is -0.402. The Kier molecular flexibility index (Phi) is 7.37. The van der Waals surface area contributed by atoms with Crippen LogP contribution < -0.4 is 10.6 Å². The van der Waals surface area contributed by atoms with Gasteiger partial charge in [-0.05, 0) is 42.3 Å². The molecule has 5 nitrogen and oxygen atoms in total. The number of amides is 2. The van der Waals surface area contributed by atoms with Gasteiger partial charge in [0.1, 0.15) is 5.70 Å². The highest BCUT2D eigenvalue weighted by atomic mass is 79.9. The van der Waals surface area contributed by atoms with Crippen LogP contribution in [0.1, 0.15) is 22.3 Å². The predicted octanol–water partition coefficient (Wildman–Crippen LogP) is 2.72. The molecule has 0 heterocycles. The summed E-state index contributed by atoms with van der Waals surface area (Å²) in [6.07, 6.45) is 2.06. The van der Waals surface area contributed by atoms with Crippen LogP contribution in [0.3, 0.4) is 0 Å². The van der Waals surface area contributed by atoms with E-state index in [1.54, 1.807) is 30.3 Å². The van der Waals surface area contributed by atoms with E-state index in [4.69, 9.17) is 5.11 Å². The van der Waals surface area contributed by atoms with Gasteiger partial charge in [-0.25, -0.2) is 0 Å². The molecule has 0 aliphatic carbocycles. The smallest absolute Gasteiger partial charge is 0.267 e. The third-order valence-electron chi connectivity index (χ3n) is 3.33. The lowest BCUT2D eigenvalue weighted by Gasteiger charge is -2.11. The number of halogens is 1. The number of carbonyl (C=O) groups excluding carboxylic acids is 2. The fourth-order valence-electron chi connectivity index (χ4n) is 2.04. The first kappa shape index (κ1) is 18.9. The van der Waals surface area contributed by atoms with Crippen LogP contribution >= 0.6 is 15.9 Å². The largest absolute Gasteiger partial charge is 0.396 e. The number of carbonyl (C=O) groups is 2. The third-order valence-corrected chi connectivity index (χ3v) is 3.86. The van der Waals surface area contributed by atoms with Crippen molar-refractivity contribution in [1.29, 1.82) is 0 Å². The average molecular weight is 403 g/mol. The number of aliphatic hydroxyl groups is 1. The first-order valence-corrected chi connectivity index (χ1v) is 8.62. The second kappa shape index (κ2) is 9.76. The topological polar surface area (TPSA) is 78.4 Å². The van der Waals surface area contributed by atoms with Crippen molar-refractivity contribution in [2.45, 2.75) is 6.42 Å². The molecule has 130 valence electrons. The number of benzene rings is 2. The molecule has 2 aromatic rings. The maximum absolute atomic E-state index is 12.4. The average Bonchev–Trinajstić information content (AvgIpc) is 2.63. The molecule has 0 aliphatic heterocycles. The molecule has 0 saturated heterocycles. The Labute approximate surface area is 154 Å². The van der Waals surface area contributed by atoms with Gasteiger partial charge in [-0.1, -0.05) is 46.3 Å². The summed E-state index contributed by atoms with van der Waals surface area (Å²) in [5, 5.41) is 14.2. The zero-order valence-corrected chi connectivity index (χ0v) is 15.1. The Morgan fingerprint density at radius 3 is 2.36 bits per heavy atom. The summed E-state index contributed by atoms with van der Waals surface area (Å²) in [4.78, 5) is 24.7. The Balaban J connectivity index is 2.20. The highest BCUT2D eigenvalue weighted by Gasteiger charge is 2.14. The van der Waals surface area contributed by atoms with E-state index in [2.05, 4.69) is 26.6 Å². The van der Waals surface area contributed by atoms with Crippen molar-refractivity contribution in [2.24, 2.45) is 0 Å². The van der Waals surface area contributed by atoms with Crippen molar-refractivity contribution in [3.8, 4) is 0 Å². The molecule has 2 rings (SSSR count). The van der Waals surface area contributed by atoms with Crippen molar-refractivity contribution < 1.29 is 14.7 Å². The molecule has 0 aromatic heterocycles. The Morgan fingerprint density at radius 1 is 1.04 bits per heavy atom. The molecule has 0 bridgehead atoms. The van der Waals surface area contributed by atoms with Gasteiger partial charge < -0.3 is 15.7 Å². The molecule has 0 aliphatic rings. The summed E-state index contributed by atoms with van der Waals surface area (Å²) in [5.41, 5.74) is 1.39. The van der Waals surface area contributed by atoms with Crippen molar-refractivity contribution >= 4 is 33.8 Å². The molecule has 2 amide bonds. The van der Waals surface area contributed by atoms with Crippen LogP contribution in [0.25, 0.3) is 6.08 Å². The molecule has 3 N–H and O–H groups in total. The van der Waals surface area contributed by atoms with Crippen molar-refractivity contribution in [3.05, 3.63) is 75.9 Å². The van der Waals surface area contributed by atoms with E-state index < -0.39 is 5.91 Å². The first-order valence-electron chi connectivity index (χ1n) is 7.83. The highest BCUT2D eigenvalue weighted by Crippen LogP contribution is 2.13. The van der Waals surface area contributed by atoms with Gasteiger partial charge in [-0.3, -0.25) is 9.59 Å². The highest BCUT2D eigenvalue weighted by molar-refractivity contribution is 9.10. The molecule has 0 fully saturated rings. The maximum Gasteiger partial charge on any atom is 0.267 e. The van der Waals surface area contributed by atoms with Gasteiger partial charge in [-0.2, -0.15) is 0 Å². The zero-order chi connectivity index (χ0) is 18.1. The lowest BCUT2D eigenvalue weighted by molar-refractivity contribution is -0.117. The van der Waals surface area contributed by atoms with Crippen LogP contribution in [-0.4, -0.2) is 30.1 Å². The Morgan fingerprint density at radius 2 is 1.72 bits per heavy atom. The number of hydrogen-bond donors (Lipinski definition) is 3. The fraction of sp³-hybridized carbons (Fsp3) is 0.158. The molecule has 2 aromatic carbocycles. The Bertz CT molecular complexity index is 743. The van der Waals surface area contributed by atoms with Crippen molar-refractivity contribution in [3.63, 3.8) is 0 Å². The van der Waals surface area contributed by atoms with Gasteiger partial charge in [0, 0.05) is 23.2 Å². The fourth-order valence-corrected chi connectivity index (χ4v) is 2.31. The predicted molar refractivity (Wildman–Crippen MR) is 101 cm³/mol. The molecule has 0 radical (unpaired) electrons. The molecule has 25 heavy (non-hydrogen) atoms. The Hall–Kier alpha value is -2.44. The van der Waals surface area contributed by atoms with Crippen LogP contribution in [-0.2, 0) is 4.79 Å². The lowest BCUT2D eigenvalue weighted by atomic mass is 10.1. The maximum atomic E-state index is 12.4. The number of nitrogens with one attached hydrogen (secondary N) is 2. The van der Waals surface area contributed by atoms with E-state index in [1.165, 1.54) is 0 Å². The minimum absolute atomic E-state index is 0.0115. The summed E-state index contributed by atoms with van der Waals surface area (Å²) < 4.78 is 0.923. The molecule has 0 spiro atoms. The molecule has 0 saturated carbocycles. The standard InChI is InChI=1S/C19H19BrN2O3/c20-16-9-7-14(8-10-16)13-17(19(25)21-11-4-12-23)22-18(24)15-5-2-1-3-6-15/h1-3,5-10,13,23H,4,11-12H2,(H,21,25)(H,22,24). The second-order valence-electron chi connectivity index (χ2n) is 5.26. The van der Waals surface area contributed by atoms with Crippen LogP contribution in [0, 0.1) is 0 Å². The van der Waals surface area contributed by atoms with Crippen LogP contribution in [0.4, 0.5) is 0 Å².